The fraction of sp³-hybridized carbons (Fsp3) is 0.375. The van der Waals surface area contributed by atoms with Crippen LogP contribution in [-0.4, -0.2) is 30.7 Å². The van der Waals surface area contributed by atoms with Crippen LogP contribution in [0.2, 0.25) is 0 Å². The van der Waals surface area contributed by atoms with Crippen LogP contribution in [0.25, 0.3) is 11.3 Å². The van der Waals surface area contributed by atoms with E-state index in [0.717, 1.165) is 29.8 Å². The van der Waals surface area contributed by atoms with Crippen molar-refractivity contribution in [2.24, 2.45) is 0 Å². The lowest BCUT2D eigenvalue weighted by Crippen LogP contribution is -2.06. The van der Waals surface area contributed by atoms with Crippen LogP contribution in [-0.2, 0) is 0 Å². The lowest BCUT2D eigenvalue weighted by Gasteiger charge is -2.14. The van der Waals surface area contributed by atoms with Gasteiger partial charge in [-0.2, -0.15) is 0 Å². The molecule has 0 atom stereocenters. The molecule has 2 rings (SSSR count). The Bertz CT molecular complexity index is 614. The highest BCUT2D eigenvalue weighted by atomic mass is 16.5. The van der Waals surface area contributed by atoms with E-state index in [1.807, 2.05) is 31.3 Å². The van der Waals surface area contributed by atoms with Gasteiger partial charge in [0, 0.05) is 18.3 Å². The molecule has 0 spiro atoms. The van der Waals surface area contributed by atoms with Gasteiger partial charge in [-0.1, -0.05) is 13.0 Å². The first-order valence-corrected chi connectivity index (χ1v) is 7.00. The molecule has 0 aliphatic carbocycles. The zero-order valence-electron chi connectivity index (χ0n) is 12.9. The van der Waals surface area contributed by atoms with Crippen molar-refractivity contribution in [2.75, 3.05) is 26.1 Å². The Morgan fingerprint density at radius 1 is 1.19 bits per heavy atom. The van der Waals surface area contributed by atoms with Gasteiger partial charge in [-0.05, 0) is 31.0 Å². The van der Waals surface area contributed by atoms with E-state index in [0.29, 0.717) is 17.4 Å². The molecule has 1 aromatic heterocycles. The first-order valence-electron chi connectivity index (χ1n) is 7.00. The molecule has 0 saturated carbocycles. The first-order chi connectivity index (χ1) is 10.2. The van der Waals surface area contributed by atoms with E-state index < -0.39 is 0 Å². The van der Waals surface area contributed by atoms with Gasteiger partial charge in [-0.3, -0.25) is 0 Å². The van der Waals surface area contributed by atoms with Gasteiger partial charge >= 0.3 is 0 Å². The second-order valence-corrected chi connectivity index (χ2v) is 4.69. The Balaban J connectivity index is 2.50. The van der Waals surface area contributed by atoms with Gasteiger partial charge in [0.25, 0.3) is 0 Å². The number of nitrogens with one attached hydrogen (secondary N) is 1. The third kappa shape index (κ3) is 3.24. The number of methoxy groups -OCH3 is 2. The number of hydrogen-bond acceptors (Lipinski definition) is 5. The number of nitrogens with zero attached hydrogens (tertiary/aromatic N) is 2. The van der Waals surface area contributed by atoms with Crippen molar-refractivity contribution in [1.29, 1.82) is 0 Å². The minimum atomic E-state index is 0.627. The van der Waals surface area contributed by atoms with Crippen LogP contribution < -0.4 is 14.8 Å². The zero-order chi connectivity index (χ0) is 15.2. The predicted octanol–water partition coefficient (Wildman–Crippen LogP) is 3.29. The quantitative estimate of drug-likeness (QED) is 0.883. The molecule has 21 heavy (non-hydrogen) atoms. The molecule has 1 aromatic carbocycles. The number of aryl methyl sites for hydroxylation is 1. The average molecular weight is 287 g/mol. The molecule has 0 aliphatic heterocycles. The molecule has 1 heterocycles. The van der Waals surface area contributed by atoms with E-state index in [9.17, 15) is 0 Å². The summed E-state index contributed by atoms with van der Waals surface area (Å²) in [5.41, 5.74) is 2.74. The normalized spacial score (nSPS) is 10.3. The van der Waals surface area contributed by atoms with Crippen LogP contribution in [0.3, 0.4) is 0 Å². The predicted molar refractivity (Wildman–Crippen MR) is 84.1 cm³/mol. The summed E-state index contributed by atoms with van der Waals surface area (Å²) in [6, 6.07) is 5.77. The smallest absolute Gasteiger partial charge is 0.223 e. The fourth-order valence-electron chi connectivity index (χ4n) is 2.11. The summed E-state index contributed by atoms with van der Waals surface area (Å²) in [6.07, 6.45) is 2.84. The second-order valence-electron chi connectivity index (χ2n) is 4.69. The van der Waals surface area contributed by atoms with E-state index in [-0.39, 0.29) is 0 Å². The molecule has 0 fully saturated rings. The molecule has 0 saturated heterocycles. The SMILES string of the molecule is CCCNc1ncc(C)c(-c2cccc(OC)c2OC)n1. The summed E-state index contributed by atoms with van der Waals surface area (Å²) in [7, 11) is 3.26. The van der Waals surface area contributed by atoms with Crippen molar-refractivity contribution < 1.29 is 9.47 Å². The summed E-state index contributed by atoms with van der Waals surface area (Å²) in [5.74, 6) is 2.00. The highest BCUT2D eigenvalue weighted by molar-refractivity contribution is 5.73. The van der Waals surface area contributed by atoms with E-state index in [1.54, 1.807) is 14.2 Å². The maximum Gasteiger partial charge on any atom is 0.223 e. The maximum absolute atomic E-state index is 5.49. The molecule has 1 N–H and O–H groups in total. The van der Waals surface area contributed by atoms with Gasteiger partial charge < -0.3 is 14.8 Å². The van der Waals surface area contributed by atoms with Gasteiger partial charge in [0.15, 0.2) is 11.5 Å². The Labute approximate surface area is 125 Å². The molecule has 0 aliphatic rings. The summed E-state index contributed by atoms with van der Waals surface area (Å²) in [6.45, 7) is 4.93. The van der Waals surface area contributed by atoms with Crippen molar-refractivity contribution in [3.05, 3.63) is 30.0 Å². The topological polar surface area (TPSA) is 56.3 Å². The monoisotopic (exact) mass is 287 g/mol. The minimum Gasteiger partial charge on any atom is -0.493 e. The van der Waals surface area contributed by atoms with Gasteiger partial charge in [-0.15, -0.1) is 0 Å². The zero-order valence-corrected chi connectivity index (χ0v) is 12.9. The van der Waals surface area contributed by atoms with Crippen LogP contribution in [0.15, 0.2) is 24.4 Å². The number of para-hydroxylation sites is 1. The van der Waals surface area contributed by atoms with Crippen LogP contribution in [0.5, 0.6) is 11.5 Å². The van der Waals surface area contributed by atoms with E-state index in [1.165, 1.54) is 0 Å². The second kappa shape index (κ2) is 6.92. The highest BCUT2D eigenvalue weighted by Crippen LogP contribution is 2.38. The summed E-state index contributed by atoms with van der Waals surface area (Å²) in [5, 5.41) is 3.20. The molecule has 112 valence electrons. The largest absolute Gasteiger partial charge is 0.493 e. The third-order valence-electron chi connectivity index (χ3n) is 3.16. The number of benzene rings is 1. The Morgan fingerprint density at radius 3 is 2.67 bits per heavy atom. The maximum atomic E-state index is 5.49. The Hall–Kier alpha value is -2.30. The number of aromatic nitrogens is 2. The van der Waals surface area contributed by atoms with Crippen LogP contribution in [0.1, 0.15) is 18.9 Å². The molecule has 0 bridgehead atoms. The van der Waals surface area contributed by atoms with Crippen molar-refractivity contribution in [3.63, 3.8) is 0 Å². The molecule has 0 amide bonds. The van der Waals surface area contributed by atoms with Crippen molar-refractivity contribution >= 4 is 5.95 Å². The first kappa shape index (κ1) is 15.1. The van der Waals surface area contributed by atoms with Crippen LogP contribution >= 0.6 is 0 Å². The molecular weight excluding hydrogens is 266 g/mol. The van der Waals surface area contributed by atoms with E-state index in [4.69, 9.17) is 9.47 Å². The number of anilines is 1. The fourth-order valence-corrected chi connectivity index (χ4v) is 2.11. The summed E-state index contributed by atoms with van der Waals surface area (Å²) < 4.78 is 10.8. The van der Waals surface area contributed by atoms with E-state index >= 15 is 0 Å². The van der Waals surface area contributed by atoms with Crippen molar-refractivity contribution in [2.45, 2.75) is 20.3 Å². The lowest BCUT2D eigenvalue weighted by atomic mass is 10.1. The standard InChI is InChI=1S/C16H21N3O2/c1-5-9-17-16-18-10-11(2)14(19-16)12-7-6-8-13(20-3)15(12)21-4/h6-8,10H,5,9H2,1-4H3,(H,17,18,19). The van der Waals surface area contributed by atoms with Gasteiger partial charge in [0.05, 0.1) is 19.9 Å². The van der Waals surface area contributed by atoms with Crippen molar-refractivity contribution in [1.82, 2.24) is 9.97 Å². The lowest BCUT2D eigenvalue weighted by molar-refractivity contribution is 0.356. The number of hydrogen-bond donors (Lipinski definition) is 1. The summed E-state index contributed by atoms with van der Waals surface area (Å²) in [4.78, 5) is 8.91. The molecule has 0 radical (unpaired) electrons. The number of ether oxygens (including phenoxy) is 2. The van der Waals surface area contributed by atoms with Gasteiger partial charge in [0.2, 0.25) is 5.95 Å². The molecule has 2 aromatic rings. The molecule has 5 heteroatoms. The Morgan fingerprint density at radius 2 is 2.00 bits per heavy atom. The molecule has 5 nitrogen and oxygen atoms in total. The molecule has 0 unspecified atom stereocenters. The average Bonchev–Trinajstić information content (AvgIpc) is 2.53. The highest BCUT2D eigenvalue weighted by Gasteiger charge is 2.15. The van der Waals surface area contributed by atoms with Crippen LogP contribution in [0, 0.1) is 6.92 Å². The van der Waals surface area contributed by atoms with Crippen molar-refractivity contribution in [3.8, 4) is 22.8 Å². The Kier molecular flexibility index (Phi) is 4.98. The third-order valence-corrected chi connectivity index (χ3v) is 3.16. The van der Waals surface area contributed by atoms with Gasteiger partial charge in [-0.25, -0.2) is 9.97 Å². The van der Waals surface area contributed by atoms with E-state index in [2.05, 4.69) is 22.2 Å². The number of rotatable bonds is 6. The van der Waals surface area contributed by atoms with Gasteiger partial charge in [0.1, 0.15) is 0 Å². The van der Waals surface area contributed by atoms with Crippen LogP contribution in [0.4, 0.5) is 5.95 Å². The summed E-state index contributed by atoms with van der Waals surface area (Å²) >= 11 is 0. The molecular formula is C16H21N3O2. The minimum absolute atomic E-state index is 0.627.